The van der Waals surface area contributed by atoms with E-state index in [1.54, 1.807) is 18.6 Å². The van der Waals surface area contributed by atoms with Crippen LogP contribution in [0.25, 0.3) is 0 Å². The Labute approximate surface area is 95.6 Å². The van der Waals surface area contributed by atoms with Gasteiger partial charge in [-0.05, 0) is 20.8 Å². The molecule has 1 amide bonds. The summed E-state index contributed by atoms with van der Waals surface area (Å²) in [4.78, 5) is 11.1. The van der Waals surface area contributed by atoms with Crippen molar-refractivity contribution in [3.63, 3.8) is 0 Å². The Balaban J connectivity index is 4.40. The summed E-state index contributed by atoms with van der Waals surface area (Å²) in [6.45, 7) is 4.54. The molecule has 7 nitrogen and oxygen atoms in total. The first-order valence-corrected chi connectivity index (χ1v) is 6.22. The fourth-order valence-electron chi connectivity index (χ4n) is 0.892. The van der Waals surface area contributed by atoms with Gasteiger partial charge < -0.3 is 9.84 Å². The lowest BCUT2D eigenvalue weighted by Crippen LogP contribution is -2.44. The van der Waals surface area contributed by atoms with Crippen LogP contribution in [0.4, 0.5) is 4.79 Å². The Morgan fingerprint density at radius 3 is 2.31 bits per heavy atom. The topological polar surface area (TPSA) is 95.9 Å². The van der Waals surface area contributed by atoms with E-state index in [9.17, 15) is 13.2 Å². The van der Waals surface area contributed by atoms with Gasteiger partial charge in [-0.2, -0.15) is 12.7 Å². The molecule has 0 aromatic heterocycles. The third-order valence-corrected chi connectivity index (χ3v) is 2.88. The summed E-state index contributed by atoms with van der Waals surface area (Å²) < 4.78 is 30.1. The van der Waals surface area contributed by atoms with Crippen molar-refractivity contribution < 1.29 is 23.1 Å². The Morgan fingerprint density at radius 2 is 1.94 bits per heavy atom. The third-order valence-electron chi connectivity index (χ3n) is 1.49. The first kappa shape index (κ1) is 15.1. The number of nitrogens with one attached hydrogen (secondary N) is 1. The van der Waals surface area contributed by atoms with Gasteiger partial charge in [0, 0.05) is 13.6 Å². The molecule has 0 aromatic carbocycles. The zero-order valence-electron chi connectivity index (χ0n) is 9.80. The number of ether oxygens (including phenoxy) is 1. The Kier molecular flexibility index (Phi) is 5.70. The van der Waals surface area contributed by atoms with E-state index in [2.05, 4.69) is 4.74 Å². The molecular weight excluding hydrogens is 236 g/mol. The van der Waals surface area contributed by atoms with Gasteiger partial charge in [0.25, 0.3) is 0 Å². The number of rotatable bonds is 5. The summed E-state index contributed by atoms with van der Waals surface area (Å²) in [5.74, 6) is 0. The number of aliphatic hydroxyl groups excluding tert-OH is 1. The molecule has 1 unspecified atom stereocenters. The van der Waals surface area contributed by atoms with E-state index in [0.717, 1.165) is 4.31 Å². The molecule has 0 rings (SSSR count). The minimum atomic E-state index is -3.95. The maximum atomic E-state index is 11.5. The van der Waals surface area contributed by atoms with E-state index in [0.29, 0.717) is 0 Å². The zero-order chi connectivity index (χ0) is 12.9. The smallest absolute Gasteiger partial charge is 0.422 e. The molecule has 0 heterocycles. The van der Waals surface area contributed by atoms with E-state index in [4.69, 9.17) is 5.11 Å². The predicted octanol–water partition coefficient (Wildman–Crippen LogP) is -0.322. The van der Waals surface area contributed by atoms with Crippen molar-refractivity contribution >= 4 is 16.3 Å². The lowest BCUT2D eigenvalue weighted by molar-refractivity contribution is 0.120. The highest BCUT2D eigenvalue weighted by Gasteiger charge is 2.22. The number of carbonyl (C=O) groups excluding carboxylic acids is 1. The molecule has 1 atom stereocenters. The van der Waals surface area contributed by atoms with E-state index >= 15 is 0 Å². The predicted molar refractivity (Wildman–Crippen MR) is 58.0 cm³/mol. The Hall–Kier alpha value is -0.860. The number of hydrogen-bond acceptors (Lipinski definition) is 5. The van der Waals surface area contributed by atoms with Crippen LogP contribution >= 0.6 is 0 Å². The average Bonchev–Trinajstić information content (AvgIpc) is 1.98. The Bertz CT molecular complexity index is 325. The van der Waals surface area contributed by atoms with Crippen molar-refractivity contribution in [3.05, 3.63) is 0 Å². The number of hydrogen-bond donors (Lipinski definition) is 2. The van der Waals surface area contributed by atoms with Crippen LogP contribution in [0.5, 0.6) is 0 Å². The van der Waals surface area contributed by atoms with Crippen LogP contribution in [-0.2, 0) is 14.9 Å². The molecule has 16 heavy (non-hydrogen) atoms. The molecule has 0 saturated carbocycles. The molecule has 0 saturated heterocycles. The second-order valence-electron chi connectivity index (χ2n) is 3.69. The van der Waals surface area contributed by atoms with Crippen molar-refractivity contribution in [1.29, 1.82) is 0 Å². The van der Waals surface area contributed by atoms with Crippen molar-refractivity contribution in [2.75, 3.05) is 13.6 Å². The lowest BCUT2D eigenvalue weighted by atomic mass is 10.4. The van der Waals surface area contributed by atoms with E-state index in [1.165, 1.54) is 14.0 Å². The van der Waals surface area contributed by atoms with Crippen molar-refractivity contribution in [2.45, 2.75) is 33.0 Å². The average molecular weight is 254 g/mol. The van der Waals surface area contributed by atoms with Gasteiger partial charge >= 0.3 is 16.3 Å². The van der Waals surface area contributed by atoms with E-state index < -0.39 is 28.5 Å². The normalized spacial score (nSPS) is 13.9. The minimum absolute atomic E-state index is 0.107. The van der Waals surface area contributed by atoms with Gasteiger partial charge in [0.15, 0.2) is 0 Å². The van der Waals surface area contributed by atoms with Gasteiger partial charge in [-0.15, -0.1) is 0 Å². The van der Waals surface area contributed by atoms with Gasteiger partial charge in [0.2, 0.25) is 0 Å². The number of carbonyl (C=O) groups is 1. The van der Waals surface area contributed by atoms with Crippen LogP contribution in [0, 0.1) is 0 Å². The molecule has 0 aliphatic rings. The van der Waals surface area contributed by atoms with Gasteiger partial charge in [0.05, 0.1) is 12.2 Å². The molecule has 0 fully saturated rings. The fourth-order valence-corrected chi connectivity index (χ4v) is 1.72. The lowest BCUT2D eigenvalue weighted by Gasteiger charge is -2.19. The summed E-state index contributed by atoms with van der Waals surface area (Å²) in [5, 5.41) is 9.02. The van der Waals surface area contributed by atoms with Crippen molar-refractivity contribution in [1.82, 2.24) is 9.03 Å². The summed E-state index contributed by atoms with van der Waals surface area (Å²) in [7, 11) is -2.70. The summed E-state index contributed by atoms with van der Waals surface area (Å²) in [6.07, 6.45) is -2.26. The summed E-state index contributed by atoms with van der Waals surface area (Å²) in [6, 6.07) is 0. The highest BCUT2D eigenvalue weighted by Crippen LogP contribution is 1.98. The molecule has 0 bridgehead atoms. The SMILES string of the molecule is CC(O)CN(C)S(=O)(=O)NC(=O)OC(C)C. The molecule has 8 heteroatoms. The minimum Gasteiger partial charge on any atom is -0.446 e. The summed E-state index contributed by atoms with van der Waals surface area (Å²) in [5.41, 5.74) is 0. The molecule has 0 aliphatic heterocycles. The van der Waals surface area contributed by atoms with Gasteiger partial charge in [-0.25, -0.2) is 9.52 Å². The summed E-state index contributed by atoms with van der Waals surface area (Å²) >= 11 is 0. The molecule has 0 spiro atoms. The largest absolute Gasteiger partial charge is 0.446 e. The quantitative estimate of drug-likeness (QED) is 0.701. The highest BCUT2D eigenvalue weighted by atomic mass is 32.2. The van der Waals surface area contributed by atoms with Crippen molar-refractivity contribution in [3.8, 4) is 0 Å². The first-order chi connectivity index (χ1) is 7.15. The van der Waals surface area contributed by atoms with Crippen molar-refractivity contribution in [2.24, 2.45) is 0 Å². The van der Waals surface area contributed by atoms with Crippen LogP contribution in [0.1, 0.15) is 20.8 Å². The van der Waals surface area contributed by atoms with Gasteiger partial charge in [-0.1, -0.05) is 0 Å². The molecule has 96 valence electrons. The maximum absolute atomic E-state index is 11.5. The monoisotopic (exact) mass is 254 g/mol. The van der Waals surface area contributed by atoms with E-state index in [1.807, 2.05) is 0 Å². The standard InChI is InChI=1S/C8H18N2O5S/c1-6(2)15-8(12)9-16(13,14)10(4)5-7(3)11/h6-7,11H,5H2,1-4H3,(H,9,12). The number of aliphatic hydroxyl groups is 1. The molecular formula is C8H18N2O5S. The Morgan fingerprint density at radius 1 is 1.44 bits per heavy atom. The zero-order valence-corrected chi connectivity index (χ0v) is 10.6. The van der Waals surface area contributed by atoms with Crippen LogP contribution in [-0.4, -0.2) is 49.7 Å². The second-order valence-corrected chi connectivity index (χ2v) is 5.47. The van der Waals surface area contributed by atoms with Crippen LogP contribution in [0.2, 0.25) is 0 Å². The molecule has 0 aliphatic carbocycles. The van der Waals surface area contributed by atoms with Crippen LogP contribution < -0.4 is 4.72 Å². The maximum Gasteiger partial charge on any atom is 0.422 e. The van der Waals surface area contributed by atoms with Gasteiger partial charge in [-0.3, -0.25) is 0 Å². The van der Waals surface area contributed by atoms with E-state index in [-0.39, 0.29) is 6.54 Å². The van der Waals surface area contributed by atoms with Crippen LogP contribution in [0.3, 0.4) is 0 Å². The first-order valence-electron chi connectivity index (χ1n) is 4.78. The van der Waals surface area contributed by atoms with Crippen LogP contribution in [0.15, 0.2) is 0 Å². The number of nitrogens with zero attached hydrogens (tertiary/aromatic N) is 1. The number of amides is 1. The highest BCUT2D eigenvalue weighted by molar-refractivity contribution is 7.87. The molecule has 2 N–H and O–H groups in total. The number of likely N-dealkylation sites (N-methyl/N-ethyl adjacent to an activating group) is 1. The third kappa shape index (κ3) is 5.89. The molecule has 0 radical (unpaired) electrons. The second kappa shape index (κ2) is 6.02. The fraction of sp³-hybridized carbons (Fsp3) is 0.875. The van der Waals surface area contributed by atoms with Gasteiger partial charge in [0.1, 0.15) is 0 Å². The molecule has 0 aromatic rings.